The Kier molecular flexibility index (Phi) is 4.59. The molecule has 30 heavy (non-hydrogen) atoms. The SMILES string of the molecule is Nc1cc(-c2ccc(F)cc2F)cc(-c2cnc3cc(N4CCOCC4)ccn23)c1. The van der Waals surface area contributed by atoms with Crippen LogP contribution < -0.4 is 10.6 Å². The first kappa shape index (κ1) is 18.6. The topological polar surface area (TPSA) is 55.8 Å². The van der Waals surface area contributed by atoms with Crippen LogP contribution in [0.15, 0.2) is 60.9 Å². The standard InChI is InChI=1S/C23H20F2N4O/c24-17-1-2-20(21(25)12-17)15-9-16(11-18(26)10-15)22-14-27-23-13-19(3-4-29(22)23)28-5-7-30-8-6-28/h1-4,9-14H,5-8,26H2. The number of hydrogen-bond donors (Lipinski definition) is 1. The molecular weight excluding hydrogens is 386 g/mol. The van der Waals surface area contributed by atoms with Crippen molar-refractivity contribution in [1.29, 1.82) is 0 Å². The van der Waals surface area contributed by atoms with E-state index in [0.717, 1.165) is 55.0 Å². The van der Waals surface area contributed by atoms with Crippen LogP contribution in [0, 0.1) is 11.6 Å². The van der Waals surface area contributed by atoms with Gasteiger partial charge in [-0.3, -0.25) is 4.40 Å². The normalized spacial score (nSPS) is 14.4. The number of nitrogen functional groups attached to an aromatic ring is 1. The third-order valence-corrected chi connectivity index (χ3v) is 5.37. The molecular formula is C23H20F2N4O. The van der Waals surface area contributed by atoms with Gasteiger partial charge in [-0.05, 0) is 42.0 Å². The number of nitrogens with zero attached hydrogens (tertiary/aromatic N) is 3. The number of nitrogens with two attached hydrogens (primary N) is 1. The van der Waals surface area contributed by atoms with E-state index in [4.69, 9.17) is 10.5 Å². The molecule has 0 unspecified atom stereocenters. The van der Waals surface area contributed by atoms with Gasteiger partial charge in [0.05, 0.1) is 25.1 Å². The lowest BCUT2D eigenvalue weighted by molar-refractivity contribution is 0.122. The highest BCUT2D eigenvalue weighted by atomic mass is 19.1. The molecule has 0 amide bonds. The summed E-state index contributed by atoms with van der Waals surface area (Å²) in [6, 6.07) is 13.0. The van der Waals surface area contributed by atoms with Crippen LogP contribution in [0.1, 0.15) is 0 Å². The highest BCUT2D eigenvalue weighted by Gasteiger charge is 2.15. The zero-order valence-electron chi connectivity index (χ0n) is 16.2. The van der Waals surface area contributed by atoms with Crippen LogP contribution in [-0.4, -0.2) is 35.7 Å². The summed E-state index contributed by atoms with van der Waals surface area (Å²) in [4.78, 5) is 6.82. The van der Waals surface area contributed by atoms with Gasteiger partial charge in [0.1, 0.15) is 17.3 Å². The van der Waals surface area contributed by atoms with Crippen LogP contribution in [-0.2, 0) is 4.74 Å². The highest BCUT2D eigenvalue weighted by Crippen LogP contribution is 2.32. The van der Waals surface area contributed by atoms with Gasteiger partial charge in [-0.1, -0.05) is 0 Å². The van der Waals surface area contributed by atoms with Crippen LogP contribution >= 0.6 is 0 Å². The number of imidazole rings is 1. The lowest BCUT2D eigenvalue weighted by Gasteiger charge is -2.28. The Balaban J connectivity index is 1.56. The van der Waals surface area contributed by atoms with Crippen molar-refractivity contribution in [3.8, 4) is 22.4 Å². The van der Waals surface area contributed by atoms with Crippen LogP contribution in [0.5, 0.6) is 0 Å². The average Bonchev–Trinajstić information content (AvgIpc) is 3.17. The third-order valence-electron chi connectivity index (χ3n) is 5.37. The maximum Gasteiger partial charge on any atom is 0.139 e. The van der Waals surface area contributed by atoms with Crippen molar-refractivity contribution >= 4 is 17.0 Å². The number of halogens is 2. The molecule has 5 nitrogen and oxygen atoms in total. The predicted molar refractivity (Wildman–Crippen MR) is 113 cm³/mol. The van der Waals surface area contributed by atoms with E-state index in [1.807, 2.05) is 28.8 Å². The smallest absolute Gasteiger partial charge is 0.139 e. The van der Waals surface area contributed by atoms with E-state index in [2.05, 4.69) is 16.0 Å². The Bertz CT molecular complexity index is 1230. The minimum atomic E-state index is -0.625. The first-order chi connectivity index (χ1) is 14.6. The van der Waals surface area contributed by atoms with Crippen LogP contribution in [0.3, 0.4) is 0 Å². The van der Waals surface area contributed by atoms with E-state index in [-0.39, 0.29) is 0 Å². The van der Waals surface area contributed by atoms with Crippen LogP contribution in [0.2, 0.25) is 0 Å². The molecule has 1 aliphatic heterocycles. The fourth-order valence-corrected chi connectivity index (χ4v) is 3.88. The lowest BCUT2D eigenvalue weighted by Crippen LogP contribution is -2.36. The summed E-state index contributed by atoms with van der Waals surface area (Å²) < 4.78 is 35.0. The number of benzene rings is 2. The molecule has 152 valence electrons. The van der Waals surface area contributed by atoms with E-state index in [9.17, 15) is 8.78 Å². The molecule has 1 saturated heterocycles. The van der Waals surface area contributed by atoms with Gasteiger partial charge in [-0.2, -0.15) is 0 Å². The number of aromatic nitrogens is 2. The van der Waals surface area contributed by atoms with Gasteiger partial charge >= 0.3 is 0 Å². The summed E-state index contributed by atoms with van der Waals surface area (Å²) in [7, 11) is 0. The minimum absolute atomic E-state index is 0.299. The Hall–Kier alpha value is -3.45. The molecule has 0 saturated carbocycles. The summed E-state index contributed by atoms with van der Waals surface area (Å²) in [5.74, 6) is -1.24. The molecule has 7 heteroatoms. The molecule has 2 N–H and O–H groups in total. The zero-order valence-corrected chi connectivity index (χ0v) is 16.2. The quantitative estimate of drug-likeness (QED) is 0.514. The number of pyridine rings is 1. The fraction of sp³-hybridized carbons (Fsp3) is 0.174. The summed E-state index contributed by atoms with van der Waals surface area (Å²) in [5, 5.41) is 0. The molecule has 1 aliphatic rings. The molecule has 0 spiro atoms. The number of rotatable bonds is 3. The molecule has 5 rings (SSSR count). The third kappa shape index (κ3) is 3.37. The van der Waals surface area contributed by atoms with E-state index >= 15 is 0 Å². The second-order valence-electron chi connectivity index (χ2n) is 7.32. The van der Waals surface area contributed by atoms with Gasteiger partial charge < -0.3 is 15.4 Å². The fourth-order valence-electron chi connectivity index (χ4n) is 3.88. The van der Waals surface area contributed by atoms with Crippen LogP contribution in [0.25, 0.3) is 28.0 Å². The Labute approximate surface area is 172 Å². The largest absolute Gasteiger partial charge is 0.399 e. The van der Waals surface area contributed by atoms with Crippen molar-refractivity contribution in [2.75, 3.05) is 36.9 Å². The summed E-state index contributed by atoms with van der Waals surface area (Å²) in [6.45, 7) is 3.14. The maximum atomic E-state index is 14.3. The summed E-state index contributed by atoms with van der Waals surface area (Å²) in [6.07, 6.45) is 3.75. The summed E-state index contributed by atoms with van der Waals surface area (Å²) in [5.41, 5.74) is 11.0. The molecule has 0 aliphatic carbocycles. The van der Waals surface area contributed by atoms with Gasteiger partial charge in [0.25, 0.3) is 0 Å². The molecule has 0 radical (unpaired) electrons. The number of morpholine rings is 1. The van der Waals surface area contributed by atoms with E-state index < -0.39 is 11.6 Å². The molecule has 1 fully saturated rings. The first-order valence-corrected chi connectivity index (χ1v) is 9.75. The van der Waals surface area contributed by atoms with Gasteiger partial charge in [-0.15, -0.1) is 0 Å². The van der Waals surface area contributed by atoms with Crippen molar-refractivity contribution in [3.63, 3.8) is 0 Å². The lowest BCUT2D eigenvalue weighted by atomic mass is 10.0. The summed E-state index contributed by atoms with van der Waals surface area (Å²) >= 11 is 0. The second kappa shape index (κ2) is 7.42. The van der Waals surface area contributed by atoms with Crippen molar-refractivity contribution in [1.82, 2.24) is 9.38 Å². The van der Waals surface area contributed by atoms with Crippen molar-refractivity contribution in [2.45, 2.75) is 0 Å². The first-order valence-electron chi connectivity index (χ1n) is 9.75. The van der Waals surface area contributed by atoms with E-state index in [1.54, 1.807) is 12.3 Å². The van der Waals surface area contributed by atoms with Crippen molar-refractivity contribution in [3.05, 3.63) is 72.6 Å². The van der Waals surface area contributed by atoms with Gasteiger partial charge in [0.2, 0.25) is 0 Å². The predicted octanol–water partition coefficient (Wildman–Crippen LogP) is 4.37. The highest BCUT2D eigenvalue weighted by molar-refractivity contribution is 5.77. The van der Waals surface area contributed by atoms with E-state index in [1.165, 1.54) is 12.1 Å². The number of ether oxygens (including phenoxy) is 1. The zero-order chi connectivity index (χ0) is 20.7. The monoisotopic (exact) mass is 406 g/mol. The average molecular weight is 406 g/mol. The number of anilines is 2. The van der Waals surface area contributed by atoms with Crippen molar-refractivity contribution < 1.29 is 13.5 Å². The van der Waals surface area contributed by atoms with Crippen LogP contribution in [0.4, 0.5) is 20.2 Å². The Morgan fingerprint density at radius 1 is 0.933 bits per heavy atom. The maximum absolute atomic E-state index is 14.3. The van der Waals surface area contributed by atoms with Crippen molar-refractivity contribution in [2.24, 2.45) is 0 Å². The number of fused-ring (bicyclic) bond motifs is 1. The number of hydrogen-bond acceptors (Lipinski definition) is 4. The molecule has 0 atom stereocenters. The Morgan fingerprint density at radius 2 is 1.73 bits per heavy atom. The minimum Gasteiger partial charge on any atom is -0.399 e. The second-order valence-corrected chi connectivity index (χ2v) is 7.32. The molecule has 0 bridgehead atoms. The molecule has 2 aromatic heterocycles. The van der Waals surface area contributed by atoms with E-state index in [0.29, 0.717) is 16.8 Å². The Morgan fingerprint density at radius 3 is 2.53 bits per heavy atom. The van der Waals surface area contributed by atoms with Gasteiger partial charge in [-0.25, -0.2) is 13.8 Å². The van der Waals surface area contributed by atoms with Gasteiger partial charge in [0, 0.05) is 53.9 Å². The molecule has 2 aromatic carbocycles. The molecule has 3 heterocycles. The van der Waals surface area contributed by atoms with Gasteiger partial charge in [0.15, 0.2) is 0 Å². The molecule has 4 aromatic rings.